The first kappa shape index (κ1) is 32.6. The Bertz CT molecular complexity index is 798. The summed E-state index contributed by atoms with van der Waals surface area (Å²) in [6.45, 7) is 7.39. The lowest BCUT2D eigenvalue weighted by atomic mass is 10.00. The van der Waals surface area contributed by atoms with Gasteiger partial charge in [-0.15, -0.1) is 0 Å². The maximum atomic E-state index is 13.1. The zero-order valence-corrected chi connectivity index (χ0v) is 21.3. The summed E-state index contributed by atoms with van der Waals surface area (Å²) in [6.07, 6.45) is -0.237. The molecule has 3 amide bonds. The number of carboxylic acid groups (broad SMARTS) is 2. The van der Waals surface area contributed by atoms with Crippen LogP contribution in [0.25, 0.3) is 0 Å². The summed E-state index contributed by atoms with van der Waals surface area (Å²) in [4.78, 5) is 64.6. The van der Waals surface area contributed by atoms with Crippen molar-refractivity contribution in [3.63, 3.8) is 0 Å². The van der Waals surface area contributed by atoms with Crippen molar-refractivity contribution < 1.29 is 34.2 Å². The first-order valence-electron chi connectivity index (χ1n) is 11.8. The highest BCUT2D eigenvalue weighted by molar-refractivity contribution is 5.94. The monoisotopic (exact) mass is 515 g/mol. The molecule has 0 aliphatic heterocycles. The fourth-order valence-electron chi connectivity index (χ4n) is 3.12. The molecule has 11 N–H and O–H groups in total. The van der Waals surface area contributed by atoms with E-state index in [1.165, 1.54) is 0 Å². The molecule has 0 aromatic rings. The van der Waals surface area contributed by atoms with Crippen LogP contribution in [-0.4, -0.2) is 76.5 Å². The molecule has 0 saturated heterocycles. The van der Waals surface area contributed by atoms with E-state index in [0.29, 0.717) is 0 Å². The molecule has 0 saturated carbocycles. The van der Waals surface area contributed by atoms with Crippen LogP contribution in [0.4, 0.5) is 0 Å². The number of aliphatic carboxylic acids is 2. The zero-order chi connectivity index (χ0) is 28.0. The number of hydrogen-bond donors (Lipinski definition) is 8. The number of hydrogen-bond acceptors (Lipinski definition) is 7. The van der Waals surface area contributed by atoms with E-state index in [2.05, 4.69) is 20.9 Å². The van der Waals surface area contributed by atoms with E-state index in [4.69, 9.17) is 22.3 Å². The summed E-state index contributed by atoms with van der Waals surface area (Å²) in [5.41, 5.74) is 16.5. The van der Waals surface area contributed by atoms with Crippen LogP contribution >= 0.6 is 0 Å². The van der Waals surface area contributed by atoms with Crippen molar-refractivity contribution in [2.45, 2.75) is 84.0 Å². The third kappa shape index (κ3) is 13.5. The Kier molecular flexibility index (Phi) is 14.7. The molecule has 0 radical (unpaired) electrons. The predicted molar refractivity (Wildman–Crippen MR) is 132 cm³/mol. The summed E-state index contributed by atoms with van der Waals surface area (Å²) in [7, 11) is 0. The number of carbonyl (C=O) groups excluding carboxylic acids is 3. The van der Waals surface area contributed by atoms with Crippen molar-refractivity contribution in [2.24, 2.45) is 34.0 Å². The van der Waals surface area contributed by atoms with Gasteiger partial charge in [0.05, 0.1) is 6.04 Å². The normalized spacial score (nSPS) is 14.3. The van der Waals surface area contributed by atoms with Crippen LogP contribution in [-0.2, 0) is 24.0 Å². The first-order valence-corrected chi connectivity index (χ1v) is 11.8. The molecule has 0 fully saturated rings. The largest absolute Gasteiger partial charge is 0.481 e. The number of guanidine groups is 1. The molecule has 0 spiro atoms. The molecule has 0 heterocycles. The van der Waals surface area contributed by atoms with Crippen LogP contribution in [0.3, 0.4) is 0 Å². The van der Waals surface area contributed by atoms with Gasteiger partial charge in [0.15, 0.2) is 5.96 Å². The van der Waals surface area contributed by atoms with Gasteiger partial charge in [0.25, 0.3) is 0 Å². The number of rotatable bonds is 17. The number of aliphatic imine (C=N–C) groups is 1. The van der Waals surface area contributed by atoms with Crippen LogP contribution in [0.5, 0.6) is 0 Å². The fourth-order valence-corrected chi connectivity index (χ4v) is 3.12. The van der Waals surface area contributed by atoms with E-state index >= 15 is 0 Å². The SMILES string of the molecule is CC(C)CC(NC(=O)C(N)C(C)C)C(=O)NC(CCCN=C(N)N)C(=O)NC(CCC(=O)O)C(=O)O. The van der Waals surface area contributed by atoms with E-state index in [1.807, 2.05) is 13.8 Å². The molecule has 36 heavy (non-hydrogen) atoms. The lowest BCUT2D eigenvalue weighted by Gasteiger charge is -2.26. The van der Waals surface area contributed by atoms with Gasteiger partial charge in [0.2, 0.25) is 17.7 Å². The minimum absolute atomic E-state index is 0.0119. The van der Waals surface area contributed by atoms with Gasteiger partial charge in [-0.05, 0) is 37.5 Å². The van der Waals surface area contributed by atoms with Crippen molar-refractivity contribution in [2.75, 3.05) is 6.54 Å². The number of amides is 3. The lowest BCUT2D eigenvalue weighted by molar-refractivity contribution is -0.143. The molecule has 4 unspecified atom stereocenters. The molecular weight excluding hydrogens is 474 g/mol. The summed E-state index contributed by atoms with van der Waals surface area (Å²) in [5, 5.41) is 25.7. The highest BCUT2D eigenvalue weighted by Gasteiger charge is 2.31. The second-order valence-corrected chi connectivity index (χ2v) is 9.30. The highest BCUT2D eigenvalue weighted by Crippen LogP contribution is 2.09. The molecule has 206 valence electrons. The van der Waals surface area contributed by atoms with Gasteiger partial charge in [0, 0.05) is 13.0 Å². The van der Waals surface area contributed by atoms with Gasteiger partial charge in [-0.2, -0.15) is 0 Å². The second kappa shape index (κ2) is 16.3. The zero-order valence-electron chi connectivity index (χ0n) is 21.3. The summed E-state index contributed by atoms with van der Waals surface area (Å²) in [6, 6.07) is -4.49. The first-order chi connectivity index (χ1) is 16.6. The highest BCUT2D eigenvalue weighted by atomic mass is 16.4. The molecule has 0 bridgehead atoms. The number of nitrogens with one attached hydrogen (secondary N) is 3. The van der Waals surface area contributed by atoms with E-state index in [0.717, 1.165) is 0 Å². The van der Waals surface area contributed by atoms with Crippen molar-refractivity contribution in [3.05, 3.63) is 0 Å². The molecule has 4 atom stereocenters. The van der Waals surface area contributed by atoms with E-state index in [9.17, 15) is 29.1 Å². The lowest BCUT2D eigenvalue weighted by Crippen LogP contribution is -2.57. The Morgan fingerprint density at radius 3 is 1.81 bits per heavy atom. The van der Waals surface area contributed by atoms with Gasteiger partial charge in [-0.3, -0.25) is 24.2 Å². The van der Waals surface area contributed by atoms with E-state index < -0.39 is 60.2 Å². The maximum absolute atomic E-state index is 13.1. The minimum Gasteiger partial charge on any atom is -0.481 e. The van der Waals surface area contributed by atoms with Gasteiger partial charge >= 0.3 is 11.9 Å². The molecular formula is C22H41N7O7. The number of carboxylic acids is 2. The fraction of sp³-hybridized carbons (Fsp3) is 0.727. The molecule has 14 nitrogen and oxygen atoms in total. The van der Waals surface area contributed by atoms with Crippen LogP contribution in [0.15, 0.2) is 4.99 Å². The Balaban J connectivity index is 5.66. The summed E-state index contributed by atoms with van der Waals surface area (Å²) < 4.78 is 0. The molecule has 0 aromatic carbocycles. The molecule has 0 aliphatic rings. The standard InChI is InChI=1S/C22H41N7O7/c1-11(2)10-15(29-20(34)17(23)12(3)4)19(33)27-13(6-5-9-26-22(24)25)18(32)28-14(21(35)36)7-8-16(30)31/h11-15,17H,5-10,23H2,1-4H3,(H,27,33)(H,28,32)(H,29,34)(H,30,31)(H,35,36)(H4,24,25,26). The molecule has 0 rings (SSSR count). The topological polar surface area (TPSA) is 252 Å². The van der Waals surface area contributed by atoms with Crippen LogP contribution in [0.2, 0.25) is 0 Å². The van der Waals surface area contributed by atoms with Crippen molar-refractivity contribution in [1.82, 2.24) is 16.0 Å². The van der Waals surface area contributed by atoms with Gasteiger partial charge in [0.1, 0.15) is 18.1 Å². The van der Waals surface area contributed by atoms with Crippen LogP contribution in [0.1, 0.15) is 59.8 Å². The molecule has 0 aromatic heterocycles. The average Bonchev–Trinajstić information content (AvgIpc) is 2.76. The molecule has 0 aliphatic carbocycles. The Hall–Kier alpha value is -3.42. The van der Waals surface area contributed by atoms with Crippen LogP contribution in [0, 0.1) is 11.8 Å². The maximum Gasteiger partial charge on any atom is 0.326 e. The third-order valence-electron chi connectivity index (χ3n) is 5.20. The summed E-state index contributed by atoms with van der Waals surface area (Å²) >= 11 is 0. The van der Waals surface area contributed by atoms with Gasteiger partial charge in [-0.25, -0.2) is 4.79 Å². The Morgan fingerprint density at radius 1 is 0.806 bits per heavy atom. The third-order valence-corrected chi connectivity index (χ3v) is 5.20. The summed E-state index contributed by atoms with van der Waals surface area (Å²) in [5.74, 6) is -4.92. The Morgan fingerprint density at radius 2 is 1.33 bits per heavy atom. The average molecular weight is 516 g/mol. The van der Waals surface area contributed by atoms with Crippen molar-refractivity contribution in [1.29, 1.82) is 0 Å². The van der Waals surface area contributed by atoms with E-state index in [-0.39, 0.29) is 50.0 Å². The van der Waals surface area contributed by atoms with Gasteiger partial charge in [-0.1, -0.05) is 27.7 Å². The molecule has 14 heteroatoms. The number of nitrogens with two attached hydrogens (primary N) is 3. The van der Waals surface area contributed by atoms with Crippen molar-refractivity contribution in [3.8, 4) is 0 Å². The Labute approximate surface area is 210 Å². The second-order valence-electron chi connectivity index (χ2n) is 9.30. The number of nitrogens with zero attached hydrogens (tertiary/aromatic N) is 1. The van der Waals surface area contributed by atoms with Crippen LogP contribution < -0.4 is 33.2 Å². The predicted octanol–water partition coefficient (Wildman–Crippen LogP) is -1.53. The number of carbonyl (C=O) groups is 5. The van der Waals surface area contributed by atoms with Crippen molar-refractivity contribution >= 4 is 35.6 Å². The quantitative estimate of drug-likeness (QED) is 0.0630. The smallest absolute Gasteiger partial charge is 0.326 e. The van der Waals surface area contributed by atoms with E-state index in [1.54, 1.807) is 13.8 Å². The van der Waals surface area contributed by atoms with Gasteiger partial charge < -0.3 is 43.4 Å². The minimum atomic E-state index is -1.47.